The number of halogens is 3. The van der Waals surface area contributed by atoms with Crippen molar-refractivity contribution in [2.75, 3.05) is 4.90 Å². The third-order valence-corrected chi connectivity index (χ3v) is 3.12. The van der Waals surface area contributed by atoms with Gasteiger partial charge < -0.3 is 13.7 Å². The van der Waals surface area contributed by atoms with Gasteiger partial charge in [0.25, 0.3) is 0 Å². The number of aromatic nitrogens is 2. The molecule has 0 aliphatic heterocycles. The summed E-state index contributed by atoms with van der Waals surface area (Å²) in [7, 11) is 0. The van der Waals surface area contributed by atoms with Gasteiger partial charge in [0.2, 0.25) is 0 Å². The zero-order chi connectivity index (χ0) is 16.3. The summed E-state index contributed by atoms with van der Waals surface area (Å²) in [5.74, 6) is 1.60. The quantitative estimate of drug-likeness (QED) is 0.713. The van der Waals surface area contributed by atoms with Gasteiger partial charge in [-0.05, 0) is 36.4 Å². The first-order valence-corrected chi connectivity index (χ1v) is 6.73. The number of nitrogens with zero attached hydrogens (tertiary/aromatic N) is 3. The lowest BCUT2D eigenvalue weighted by Gasteiger charge is -2.21. The van der Waals surface area contributed by atoms with Crippen LogP contribution in [0.5, 0.6) is 0 Å². The normalized spacial score (nSPS) is 11.6. The van der Waals surface area contributed by atoms with Crippen molar-refractivity contribution < 1.29 is 22.0 Å². The molecule has 8 heteroatoms. The van der Waals surface area contributed by atoms with Crippen LogP contribution in [-0.4, -0.2) is 10.2 Å². The maximum atomic E-state index is 12.6. The van der Waals surface area contributed by atoms with Gasteiger partial charge in [0.15, 0.2) is 11.5 Å². The van der Waals surface area contributed by atoms with Crippen LogP contribution in [0.3, 0.4) is 0 Å². The molecule has 5 nitrogen and oxygen atoms in total. The van der Waals surface area contributed by atoms with E-state index in [-0.39, 0.29) is 0 Å². The third-order valence-electron chi connectivity index (χ3n) is 3.12. The Kier molecular flexibility index (Phi) is 4.05. The van der Waals surface area contributed by atoms with Gasteiger partial charge >= 0.3 is 6.18 Å². The molecule has 0 fully saturated rings. The van der Waals surface area contributed by atoms with Gasteiger partial charge in [0.1, 0.15) is 11.5 Å². The van der Waals surface area contributed by atoms with Crippen LogP contribution in [0.15, 0.2) is 57.8 Å². The molecular formula is C15H12F3N3O2. The van der Waals surface area contributed by atoms with Crippen LogP contribution in [0.2, 0.25) is 0 Å². The molecule has 0 unspecified atom stereocenters. The van der Waals surface area contributed by atoms with Gasteiger partial charge in [-0.1, -0.05) is 0 Å². The monoisotopic (exact) mass is 323 g/mol. The molecule has 0 spiro atoms. The number of rotatable bonds is 5. The zero-order valence-electron chi connectivity index (χ0n) is 11.8. The SMILES string of the molecule is FC(F)(F)c1ccc(N(Cc2ccco2)Cc2ccco2)nn1. The molecule has 0 aliphatic rings. The van der Waals surface area contributed by atoms with Crippen molar-refractivity contribution in [3.63, 3.8) is 0 Å². The van der Waals surface area contributed by atoms with Crippen molar-refractivity contribution in [3.05, 3.63) is 66.1 Å². The molecule has 0 radical (unpaired) electrons. The van der Waals surface area contributed by atoms with Crippen LogP contribution in [0.4, 0.5) is 19.0 Å². The summed E-state index contributed by atoms with van der Waals surface area (Å²) in [4.78, 5) is 1.71. The van der Waals surface area contributed by atoms with Gasteiger partial charge in [-0.25, -0.2) is 0 Å². The molecule has 0 saturated carbocycles. The molecule has 3 heterocycles. The van der Waals surface area contributed by atoms with Crippen LogP contribution >= 0.6 is 0 Å². The Morgan fingerprint density at radius 1 is 0.870 bits per heavy atom. The van der Waals surface area contributed by atoms with Crippen molar-refractivity contribution in [2.24, 2.45) is 0 Å². The van der Waals surface area contributed by atoms with Crippen LogP contribution in [0.1, 0.15) is 17.2 Å². The average molecular weight is 323 g/mol. The van der Waals surface area contributed by atoms with Crippen molar-refractivity contribution in [1.82, 2.24) is 10.2 Å². The van der Waals surface area contributed by atoms with Crippen LogP contribution in [-0.2, 0) is 19.3 Å². The van der Waals surface area contributed by atoms with E-state index < -0.39 is 11.9 Å². The minimum absolute atomic E-state index is 0.297. The lowest BCUT2D eigenvalue weighted by molar-refractivity contribution is -0.141. The molecule has 0 atom stereocenters. The van der Waals surface area contributed by atoms with Gasteiger partial charge in [-0.3, -0.25) is 0 Å². The molecule has 120 valence electrons. The predicted molar refractivity (Wildman–Crippen MR) is 74.3 cm³/mol. The van der Waals surface area contributed by atoms with Crippen molar-refractivity contribution in [2.45, 2.75) is 19.3 Å². The maximum absolute atomic E-state index is 12.6. The fraction of sp³-hybridized carbons (Fsp3) is 0.200. The van der Waals surface area contributed by atoms with E-state index in [0.29, 0.717) is 30.4 Å². The number of alkyl halides is 3. The number of furan rings is 2. The summed E-state index contributed by atoms with van der Waals surface area (Å²) >= 11 is 0. The summed E-state index contributed by atoms with van der Waals surface area (Å²) in [6, 6.07) is 9.19. The lowest BCUT2D eigenvalue weighted by atomic mass is 10.3. The van der Waals surface area contributed by atoms with Crippen LogP contribution < -0.4 is 4.90 Å². The molecule has 0 aromatic carbocycles. The van der Waals surface area contributed by atoms with E-state index in [1.54, 1.807) is 29.2 Å². The molecule has 0 bridgehead atoms. The summed E-state index contributed by atoms with van der Waals surface area (Å²) in [6.45, 7) is 0.654. The predicted octanol–water partition coefficient (Wildman–Crippen LogP) is 3.89. The molecule has 3 aromatic heterocycles. The third kappa shape index (κ3) is 3.71. The summed E-state index contributed by atoms with van der Waals surface area (Å²) < 4.78 is 48.3. The Bertz CT molecular complexity index is 686. The Morgan fingerprint density at radius 2 is 1.48 bits per heavy atom. The molecule has 0 saturated heterocycles. The second kappa shape index (κ2) is 6.15. The summed E-state index contributed by atoms with van der Waals surface area (Å²) in [6.07, 6.45) is -1.46. The van der Waals surface area contributed by atoms with Crippen molar-refractivity contribution in [1.29, 1.82) is 0 Å². The molecule has 23 heavy (non-hydrogen) atoms. The van der Waals surface area contributed by atoms with E-state index in [1.807, 2.05) is 0 Å². The Hall–Kier alpha value is -2.77. The number of hydrogen-bond donors (Lipinski definition) is 0. The smallest absolute Gasteiger partial charge is 0.435 e. The molecule has 3 aromatic rings. The van der Waals surface area contributed by atoms with Gasteiger partial charge in [0.05, 0.1) is 25.6 Å². The highest BCUT2D eigenvalue weighted by molar-refractivity contribution is 5.38. The number of hydrogen-bond acceptors (Lipinski definition) is 5. The molecule has 3 rings (SSSR count). The van der Waals surface area contributed by atoms with E-state index in [0.717, 1.165) is 6.07 Å². The highest BCUT2D eigenvalue weighted by Crippen LogP contribution is 2.28. The van der Waals surface area contributed by atoms with Crippen LogP contribution in [0.25, 0.3) is 0 Å². The second-order valence-corrected chi connectivity index (χ2v) is 4.79. The minimum Gasteiger partial charge on any atom is -0.467 e. The fourth-order valence-electron chi connectivity index (χ4n) is 2.04. The molecule has 0 N–H and O–H groups in total. The molecular weight excluding hydrogens is 311 g/mol. The maximum Gasteiger partial charge on any atom is 0.435 e. The van der Waals surface area contributed by atoms with E-state index >= 15 is 0 Å². The van der Waals surface area contributed by atoms with Crippen molar-refractivity contribution in [3.8, 4) is 0 Å². The fourth-order valence-corrected chi connectivity index (χ4v) is 2.04. The van der Waals surface area contributed by atoms with E-state index in [9.17, 15) is 13.2 Å². The second-order valence-electron chi connectivity index (χ2n) is 4.79. The van der Waals surface area contributed by atoms with Gasteiger partial charge in [0, 0.05) is 0 Å². The molecule has 0 aliphatic carbocycles. The first-order valence-electron chi connectivity index (χ1n) is 6.73. The molecule has 0 amide bonds. The highest BCUT2D eigenvalue weighted by atomic mass is 19.4. The Labute approximate surface area is 129 Å². The topological polar surface area (TPSA) is 55.3 Å². The van der Waals surface area contributed by atoms with Gasteiger partial charge in [-0.15, -0.1) is 10.2 Å². The Balaban J connectivity index is 1.84. The zero-order valence-corrected chi connectivity index (χ0v) is 11.8. The largest absolute Gasteiger partial charge is 0.467 e. The first-order chi connectivity index (χ1) is 11.0. The van der Waals surface area contributed by atoms with E-state index in [4.69, 9.17) is 8.83 Å². The van der Waals surface area contributed by atoms with Crippen LogP contribution in [0, 0.1) is 0 Å². The highest BCUT2D eigenvalue weighted by Gasteiger charge is 2.33. The van der Waals surface area contributed by atoms with E-state index in [1.165, 1.54) is 18.6 Å². The summed E-state index contributed by atoms with van der Waals surface area (Å²) in [5.41, 5.74) is -1.03. The lowest BCUT2D eigenvalue weighted by Crippen LogP contribution is -2.23. The average Bonchev–Trinajstić information content (AvgIpc) is 3.19. The minimum atomic E-state index is -4.52. The van der Waals surface area contributed by atoms with Crippen molar-refractivity contribution >= 4 is 5.82 Å². The standard InChI is InChI=1S/C15H12F3N3O2/c16-15(17,18)13-5-6-14(20-19-13)21(9-11-3-1-7-22-11)10-12-4-2-8-23-12/h1-8H,9-10H2. The van der Waals surface area contributed by atoms with E-state index in [2.05, 4.69) is 10.2 Å². The Morgan fingerprint density at radius 3 is 1.87 bits per heavy atom. The summed E-state index contributed by atoms with van der Waals surface area (Å²) in [5, 5.41) is 6.93. The number of anilines is 1. The first kappa shape index (κ1) is 15.1. The van der Waals surface area contributed by atoms with Gasteiger partial charge in [-0.2, -0.15) is 13.2 Å².